The molecule has 2 N–H and O–H groups in total. The smallest absolute Gasteiger partial charge is 0.410 e. The zero-order chi connectivity index (χ0) is 35.0. The molecule has 0 saturated carbocycles. The van der Waals surface area contributed by atoms with Crippen LogP contribution in [0.4, 0.5) is 4.79 Å². The van der Waals surface area contributed by atoms with Crippen molar-refractivity contribution >= 4 is 23.9 Å². The maximum absolute atomic E-state index is 14.1. The molecule has 2 atom stereocenters. The van der Waals surface area contributed by atoms with Crippen LogP contribution in [0, 0.1) is 0 Å². The van der Waals surface area contributed by atoms with E-state index in [0.717, 1.165) is 27.2 Å². The van der Waals surface area contributed by atoms with Crippen molar-refractivity contribution in [2.75, 3.05) is 20.3 Å². The van der Waals surface area contributed by atoms with E-state index in [2.05, 4.69) is 11.9 Å². The highest BCUT2D eigenvalue weighted by atomic mass is 16.6. The molecule has 0 aromatic heterocycles. The number of carbonyl (C=O) groups is 4. The molecular weight excluding hydrogens is 616 g/mol. The Morgan fingerprint density at radius 1 is 0.979 bits per heavy atom. The Labute approximate surface area is 280 Å². The number of hydrogen-bond acceptors (Lipinski definition) is 9. The number of nitrogens with one attached hydrogen (secondary N) is 1. The van der Waals surface area contributed by atoms with Crippen LogP contribution in [0.1, 0.15) is 56.7 Å². The molecule has 11 nitrogen and oxygen atoms in total. The van der Waals surface area contributed by atoms with E-state index in [1.165, 1.54) is 32.2 Å². The van der Waals surface area contributed by atoms with E-state index in [9.17, 15) is 24.3 Å². The molecule has 1 aliphatic rings. The first-order valence-corrected chi connectivity index (χ1v) is 15.6. The molecule has 2 amide bonds. The number of ether oxygens (including phenoxy) is 4. The number of fused-ring (bicyclic) bond motifs is 3. The van der Waals surface area contributed by atoms with Crippen LogP contribution in [-0.2, 0) is 35.1 Å². The highest BCUT2D eigenvalue weighted by molar-refractivity contribution is 5.92. The Balaban J connectivity index is 1.68. The minimum absolute atomic E-state index is 0.0665. The maximum Gasteiger partial charge on any atom is 0.410 e. The summed E-state index contributed by atoms with van der Waals surface area (Å²) in [5.41, 5.74) is 3.41. The normalized spacial score (nSPS) is 13.3. The maximum atomic E-state index is 14.1. The molecule has 0 unspecified atom stereocenters. The van der Waals surface area contributed by atoms with Crippen LogP contribution in [0.25, 0.3) is 11.1 Å². The number of carbonyl (C=O) groups excluding carboxylic acids is 4. The van der Waals surface area contributed by atoms with Crippen molar-refractivity contribution in [3.8, 4) is 22.6 Å². The van der Waals surface area contributed by atoms with Crippen LogP contribution in [0.2, 0.25) is 0 Å². The molecule has 0 aliphatic heterocycles. The lowest BCUT2D eigenvalue weighted by molar-refractivity contribution is -0.157. The summed E-state index contributed by atoms with van der Waals surface area (Å²) in [5, 5.41) is 13.4. The third-order valence-electron chi connectivity index (χ3n) is 7.72. The van der Waals surface area contributed by atoms with E-state index in [1.54, 1.807) is 26.8 Å². The van der Waals surface area contributed by atoms with E-state index in [0.29, 0.717) is 5.75 Å². The number of amides is 2. The van der Waals surface area contributed by atoms with Gasteiger partial charge in [0.1, 0.15) is 42.4 Å². The average Bonchev–Trinajstić information content (AvgIpc) is 3.37. The quantitative estimate of drug-likeness (QED) is 0.139. The number of esters is 2. The predicted octanol–water partition coefficient (Wildman–Crippen LogP) is 5.49. The molecule has 0 fully saturated rings. The Morgan fingerprint density at radius 3 is 2.17 bits per heavy atom. The van der Waals surface area contributed by atoms with Crippen LogP contribution >= 0.6 is 0 Å². The molecule has 0 saturated heterocycles. The van der Waals surface area contributed by atoms with Gasteiger partial charge in [0.2, 0.25) is 5.91 Å². The van der Waals surface area contributed by atoms with Gasteiger partial charge in [-0.05, 0) is 62.1 Å². The number of aromatic hydroxyl groups is 1. The van der Waals surface area contributed by atoms with Gasteiger partial charge in [-0.25, -0.2) is 9.59 Å². The third-order valence-corrected chi connectivity index (χ3v) is 7.72. The highest BCUT2D eigenvalue weighted by Gasteiger charge is 2.37. The van der Waals surface area contributed by atoms with Gasteiger partial charge >= 0.3 is 18.0 Å². The van der Waals surface area contributed by atoms with E-state index >= 15 is 0 Å². The Bertz CT molecular complexity index is 1620. The summed E-state index contributed by atoms with van der Waals surface area (Å²) in [5.74, 6) is -2.44. The van der Waals surface area contributed by atoms with Crippen LogP contribution < -0.4 is 10.1 Å². The first kappa shape index (κ1) is 35.5. The van der Waals surface area contributed by atoms with Crippen molar-refractivity contribution in [1.29, 1.82) is 0 Å². The molecule has 3 aromatic rings. The minimum Gasteiger partial charge on any atom is -0.507 e. The van der Waals surface area contributed by atoms with Crippen molar-refractivity contribution < 1.29 is 43.2 Å². The van der Waals surface area contributed by atoms with Gasteiger partial charge in [0.25, 0.3) is 0 Å². The summed E-state index contributed by atoms with van der Waals surface area (Å²) in [7, 11) is 1.44. The summed E-state index contributed by atoms with van der Waals surface area (Å²) < 4.78 is 21.7. The summed E-state index contributed by atoms with van der Waals surface area (Å²) in [6.07, 6.45) is -0.103. The Hall–Kier alpha value is -5.32. The van der Waals surface area contributed by atoms with Crippen molar-refractivity contribution in [2.24, 2.45) is 0 Å². The molecule has 0 bridgehead atoms. The van der Waals surface area contributed by atoms with Gasteiger partial charge in [-0.1, -0.05) is 61.2 Å². The van der Waals surface area contributed by atoms with Crippen LogP contribution in [0.3, 0.4) is 0 Å². The molecule has 0 spiro atoms. The second-order valence-corrected chi connectivity index (χ2v) is 12.4. The number of phenols is 1. The fraction of sp³-hybridized carbons (Fsp3) is 0.351. The molecule has 0 radical (unpaired) electrons. The summed E-state index contributed by atoms with van der Waals surface area (Å²) >= 11 is 0. The number of benzene rings is 3. The highest BCUT2D eigenvalue weighted by Crippen LogP contribution is 2.44. The lowest BCUT2D eigenvalue weighted by atomic mass is 9.98. The summed E-state index contributed by atoms with van der Waals surface area (Å²) in [6.45, 7) is 9.50. The zero-order valence-corrected chi connectivity index (χ0v) is 27.9. The fourth-order valence-corrected chi connectivity index (χ4v) is 5.49. The van der Waals surface area contributed by atoms with Gasteiger partial charge in [0.05, 0.1) is 20.1 Å². The Kier molecular flexibility index (Phi) is 11.5. The first-order valence-electron chi connectivity index (χ1n) is 15.6. The second kappa shape index (κ2) is 15.5. The topological polar surface area (TPSA) is 141 Å². The van der Waals surface area contributed by atoms with Crippen LogP contribution in [-0.4, -0.2) is 72.0 Å². The monoisotopic (exact) mass is 658 g/mol. The van der Waals surface area contributed by atoms with Gasteiger partial charge in [-0.2, -0.15) is 0 Å². The molecule has 48 heavy (non-hydrogen) atoms. The van der Waals surface area contributed by atoms with Crippen molar-refractivity contribution in [1.82, 2.24) is 10.2 Å². The zero-order valence-electron chi connectivity index (χ0n) is 27.9. The number of rotatable bonds is 13. The molecule has 3 aromatic carbocycles. The summed E-state index contributed by atoms with van der Waals surface area (Å²) in [6, 6.07) is 17.6. The second-order valence-electron chi connectivity index (χ2n) is 12.4. The fourth-order valence-electron chi connectivity index (χ4n) is 5.49. The standard InChI is InChI=1S/C37H42N2O9/c1-7-18-46-35(43)23(2)38-34(42)31(20-33(41)48-37(3,4)5)39(21-24-16-17-25(45-6)19-32(24)40)36(44)47-22-30-28-14-10-8-12-26(28)27-13-9-11-15-29(27)30/h7-17,19,23,30-31,40H,1,18,20-22H2,2-6H3,(H,38,42)/t23-,31-/m0/s1. The lowest BCUT2D eigenvalue weighted by Crippen LogP contribution is -2.54. The van der Waals surface area contributed by atoms with Gasteiger partial charge in [0, 0.05) is 17.5 Å². The first-order chi connectivity index (χ1) is 22.8. The Morgan fingerprint density at radius 2 is 1.60 bits per heavy atom. The molecular formula is C37H42N2O9. The minimum atomic E-state index is -1.51. The van der Waals surface area contributed by atoms with E-state index < -0.39 is 48.0 Å². The van der Waals surface area contributed by atoms with Crippen LogP contribution in [0.5, 0.6) is 11.5 Å². The number of nitrogens with zero attached hydrogens (tertiary/aromatic N) is 1. The van der Waals surface area contributed by atoms with Crippen molar-refractivity contribution in [2.45, 2.75) is 64.3 Å². The number of phenolic OH excluding ortho intramolecular Hbond substituents is 1. The van der Waals surface area contributed by atoms with Gasteiger partial charge in [-0.15, -0.1) is 0 Å². The van der Waals surface area contributed by atoms with E-state index in [1.807, 2.05) is 48.5 Å². The van der Waals surface area contributed by atoms with Crippen molar-refractivity contribution in [3.05, 3.63) is 96.1 Å². The van der Waals surface area contributed by atoms with Crippen molar-refractivity contribution in [3.63, 3.8) is 0 Å². The SMILES string of the molecule is C=CCOC(=O)[C@H](C)NC(=O)[C@H](CC(=O)OC(C)(C)C)N(Cc1ccc(OC)cc1O)C(=O)OCC1c2ccccc2-c2ccccc21. The molecule has 4 rings (SSSR count). The van der Waals surface area contributed by atoms with E-state index in [4.69, 9.17) is 18.9 Å². The largest absolute Gasteiger partial charge is 0.507 e. The number of methoxy groups -OCH3 is 1. The lowest BCUT2D eigenvalue weighted by Gasteiger charge is -2.32. The van der Waals surface area contributed by atoms with Gasteiger partial charge in [0.15, 0.2) is 0 Å². The average molecular weight is 659 g/mol. The summed E-state index contributed by atoms with van der Waals surface area (Å²) in [4.78, 5) is 54.7. The van der Waals surface area contributed by atoms with E-state index in [-0.39, 0.29) is 37.0 Å². The van der Waals surface area contributed by atoms with Gasteiger partial charge < -0.3 is 29.4 Å². The van der Waals surface area contributed by atoms with Gasteiger partial charge in [-0.3, -0.25) is 14.5 Å². The van der Waals surface area contributed by atoms with Crippen LogP contribution in [0.15, 0.2) is 79.4 Å². The molecule has 11 heteroatoms. The number of hydrogen-bond donors (Lipinski definition) is 2. The third kappa shape index (κ3) is 8.72. The molecule has 1 aliphatic carbocycles. The molecule has 0 heterocycles. The molecule has 254 valence electrons. The predicted molar refractivity (Wildman–Crippen MR) is 178 cm³/mol.